The van der Waals surface area contributed by atoms with Crippen molar-refractivity contribution in [2.45, 2.75) is 91.0 Å². The van der Waals surface area contributed by atoms with E-state index < -0.39 is 14.4 Å². The molecule has 0 aliphatic heterocycles. The number of ketones is 1. The van der Waals surface area contributed by atoms with Crippen LogP contribution in [0.1, 0.15) is 66.7 Å². The number of carbonyl (C=O) groups is 1. The van der Waals surface area contributed by atoms with E-state index in [4.69, 9.17) is 4.43 Å². The van der Waals surface area contributed by atoms with E-state index >= 15 is 0 Å². The summed E-state index contributed by atoms with van der Waals surface area (Å²) in [6, 6.07) is 0. The number of allylic oxidation sites excluding steroid dienone is 1. The van der Waals surface area contributed by atoms with Gasteiger partial charge >= 0.3 is 0 Å². The third-order valence-electron chi connectivity index (χ3n) is 8.03. The largest absolute Gasteiger partial charge is 0.417 e. The zero-order valence-electron chi connectivity index (χ0n) is 19.0. The zero-order valence-corrected chi connectivity index (χ0v) is 20.0. The highest BCUT2D eigenvalue weighted by Crippen LogP contribution is 2.58. The number of rotatable bonds is 7. The second-order valence-electron chi connectivity index (χ2n) is 10.8. The number of fused-ring (bicyclic) bond motifs is 1. The molecule has 2 saturated carbocycles. The fourth-order valence-corrected chi connectivity index (χ4v) is 6.31. The fourth-order valence-electron chi connectivity index (χ4n) is 5.25. The summed E-state index contributed by atoms with van der Waals surface area (Å²) in [5.74, 6) is 0.290. The van der Waals surface area contributed by atoms with E-state index in [0.717, 1.165) is 25.9 Å². The van der Waals surface area contributed by atoms with E-state index in [1.54, 1.807) is 0 Å². The van der Waals surface area contributed by atoms with Gasteiger partial charge in [0.1, 0.15) is 5.78 Å². The molecule has 2 fully saturated rings. The van der Waals surface area contributed by atoms with Crippen molar-refractivity contribution < 1.29 is 19.4 Å². The van der Waals surface area contributed by atoms with Gasteiger partial charge < -0.3 is 14.6 Å². The fraction of sp³-hybridized carbons (Fsp3) is 0.870. The number of hydrogen-bond donors (Lipinski definition) is 2. The van der Waals surface area contributed by atoms with Gasteiger partial charge in [0.05, 0.1) is 6.10 Å². The van der Waals surface area contributed by atoms with Crippen LogP contribution in [-0.2, 0) is 9.22 Å². The summed E-state index contributed by atoms with van der Waals surface area (Å²) in [4.78, 5) is 12.9. The SMILES string of the molecule is C/C(=C\CCO[Si](C)(C)C(C)(C)C)[C@H]1CC(=O)[C@@H]2[C@@H](CCO)[C@@H](O)CC[C@]12C. The topological polar surface area (TPSA) is 66.8 Å². The Morgan fingerprint density at radius 3 is 2.57 bits per heavy atom. The van der Waals surface area contributed by atoms with Crippen LogP contribution in [0.5, 0.6) is 0 Å². The van der Waals surface area contributed by atoms with Gasteiger partial charge in [0, 0.05) is 25.6 Å². The van der Waals surface area contributed by atoms with Gasteiger partial charge in [-0.25, -0.2) is 0 Å². The first kappa shape index (κ1) is 23.8. The second kappa shape index (κ2) is 8.71. The highest BCUT2D eigenvalue weighted by molar-refractivity contribution is 6.74. The van der Waals surface area contributed by atoms with Gasteiger partial charge in [0.2, 0.25) is 0 Å². The lowest BCUT2D eigenvalue weighted by Crippen LogP contribution is -2.46. The summed E-state index contributed by atoms with van der Waals surface area (Å²) in [6.07, 6.45) is 5.38. The minimum absolute atomic E-state index is 0.0336. The van der Waals surface area contributed by atoms with Crippen LogP contribution in [-0.4, -0.2) is 43.6 Å². The molecule has 0 heterocycles. The average Bonchev–Trinajstić information content (AvgIpc) is 2.85. The van der Waals surface area contributed by atoms with Crippen molar-refractivity contribution in [2.24, 2.45) is 23.2 Å². The maximum atomic E-state index is 12.9. The molecule has 0 aromatic heterocycles. The Morgan fingerprint density at radius 1 is 1.36 bits per heavy atom. The lowest BCUT2D eigenvalue weighted by Gasteiger charge is -2.46. The summed E-state index contributed by atoms with van der Waals surface area (Å²) in [7, 11) is -1.72. The molecule has 28 heavy (non-hydrogen) atoms. The number of carbonyl (C=O) groups excluding carboxylic acids is 1. The molecule has 0 bridgehead atoms. The van der Waals surface area contributed by atoms with Crippen LogP contribution in [0.4, 0.5) is 0 Å². The Bertz CT molecular complexity index is 592. The Hall–Kier alpha value is -0.493. The molecule has 5 heteroatoms. The minimum Gasteiger partial charge on any atom is -0.417 e. The Labute approximate surface area is 172 Å². The van der Waals surface area contributed by atoms with E-state index in [2.05, 4.69) is 53.8 Å². The molecule has 0 unspecified atom stereocenters. The molecule has 0 aromatic carbocycles. The van der Waals surface area contributed by atoms with E-state index in [1.165, 1.54) is 5.57 Å². The Kier molecular flexibility index (Phi) is 7.39. The van der Waals surface area contributed by atoms with Crippen LogP contribution in [0.3, 0.4) is 0 Å². The summed E-state index contributed by atoms with van der Waals surface area (Å²) in [5, 5.41) is 20.1. The van der Waals surface area contributed by atoms with Crippen LogP contribution >= 0.6 is 0 Å². The normalized spacial score (nSPS) is 34.6. The molecule has 2 aliphatic rings. The molecule has 2 N–H and O–H groups in total. The first-order valence-electron chi connectivity index (χ1n) is 11.0. The van der Waals surface area contributed by atoms with Crippen LogP contribution in [0.25, 0.3) is 0 Å². The number of Topliss-reactive ketones (excluding diaryl/α,β-unsaturated/α-hetero) is 1. The first-order valence-corrected chi connectivity index (χ1v) is 13.9. The van der Waals surface area contributed by atoms with Gasteiger partial charge in [0.15, 0.2) is 8.32 Å². The lowest BCUT2D eigenvalue weighted by molar-refractivity contribution is -0.130. The van der Waals surface area contributed by atoms with Crippen molar-refractivity contribution in [1.29, 1.82) is 0 Å². The monoisotopic (exact) mass is 410 g/mol. The number of aliphatic hydroxyl groups is 2. The smallest absolute Gasteiger partial charge is 0.191 e. The van der Waals surface area contributed by atoms with Crippen molar-refractivity contribution in [3.05, 3.63) is 11.6 Å². The van der Waals surface area contributed by atoms with Crippen molar-refractivity contribution in [3.63, 3.8) is 0 Å². The van der Waals surface area contributed by atoms with Crippen molar-refractivity contribution >= 4 is 14.1 Å². The minimum atomic E-state index is -1.72. The van der Waals surface area contributed by atoms with Gasteiger partial charge in [-0.05, 0) is 68.0 Å². The molecule has 0 saturated heterocycles. The maximum Gasteiger partial charge on any atom is 0.191 e. The van der Waals surface area contributed by atoms with Crippen molar-refractivity contribution in [2.75, 3.05) is 13.2 Å². The molecule has 4 nitrogen and oxygen atoms in total. The molecular weight excluding hydrogens is 368 g/mol. The maximum absolute atomic E-state index is 12.9. The Balaban J connectivity index is 2.07. The number of hydrogen-bond acceptors (Lipinski definition) is 4. The third-order valence-corrected chi connectivity index (χ3v) is 12.6. The third kappa shape index (κ3) is 4.63. The van der Waals surface area contributed by atoms with Crippen LogP contribution in [0.2, 0.25) is 18.1 Å². The van der Waals surface area contributed by atoms with E-state index in [1.807, 2.05) is 0 Å². The molecule has 0 spiro atoms. The average molecular weight is 411 g/mol. The van der Waals surface area contributed by atoms with E-state index in [0.29, 0.717) is 12.8 Å². The van der Waals surface area contributed by atoms with Gasteiger partial charge in [-0.3, -0.25) is 4.79 Å². The molecule has 162 valence electrons. The van der Waals surface area contributed by atoms with Crippen molar-refractivity contribution in [3.8, 4) is 0 Å². The van der Waals surface area contributed by atoms with Gasteiger partial charge in [-0.1, -0.05) is 39.3 Å². The Morgan fingerprint density at radius 2 is 2.00 bits per heavy atom. The quantitative estimate of drug-likeness (QED) is 0.362. The van der Waals surface area contributed by atoms with E-state index in [-0.39, 0.29) is 40.6 Å². The second-order valence-corrected chi connectivity index (χ2v) is 15.6. The molecule has 2 aliphatic carbocycles. The summed E-state index contributed by atoms with van der Waals surface area (Å²) >= 11 is 0. The highest BCUT2D eigenvalue weighted by atomic mass is 28.4. The summed E-state index contributed by atoms with van der Waals surface area (Å²) in [6.45, 7) is 16.5. The zero-order chi connectivity index (χ0) is 21.3. The highest BCUT2D eigenvalue weighted by Gasteiger charge is 2.57. The van der Waals surface area contributed by atoms with Gasteiger partial charge in [-0.15, -0.1) is 0 Å². The predicted octanol–water partition coefficient (Wildman–Crippen LogP) is 4.71. The molecule has 0 amide bonds. The standard InChI is InChI=1S/C23H42O4Si/c1-16(9-8-14-27-28(6,7)22(2,3)4)18-15-20(26)21-17(11-13-24)19(25)10-12-23(18,21)5/h9,17-19,21,24-25H,8,10-15H2,1-7H3/b16-9+/t17-,18+,19-,21-,23+/m0/s1. The molecule has 2 rings (SSSR count). The van der Waals surface area contributed by atoms with Crippen molar-refractivity contribution in [1.82, 2.24) is 0 Å². The molecule has 0 radical (unpaired) electrons. The number of aliphatic hydroxyl groups excluding tert-OH is 2. The van der Waals surface area contributed by atoms with Crippen LogP contribution < -0.4 is 0 Å². The lowest BCUT2D eigenvalue weighted by atomic mass is 9.58. The van der Waals surface area contributed by atoms with Gasteiger partial charge in [0.25, 0.3) is 0 Å². The first-order chi connectivity index (χ1) is 12.8. The van der Waals surface area contributed by atoms with Crippen LogP contribution in [0.15, 0.2) is 11.6 Å². The van der Waals surface area contributed by atoms with Gasteiger partial charge in [-0.2, -0.15) is 0 Å². The molecule has 0 aromatic rings. The van der Waals surface area contributed by atoms with E-state index in [9.17, 15) is 15.0 Å². The summed E-state index contributed by atoms with van der Waals surface area (Å²) < 4.78 is 6.29. The predicted molar refractivity (Wildman–Crippen MR) is 117 cm³/mol. The summed E-state index contributed by atoms with van der Waals surface area (Å²) in [5.41, 5.74) is 1.19. The van der Waals surface area contributed by atoms with Crippen LogP contribution in [0, 0.1) is 23.2 Å². The molecule has 5 atom stereocenters. The molecular formula is C23H42O4Si.